The molecule has 0 bridgehead atoms. The number of thioether (sulfide) groups is 1. The first kappa shape index (κ1) is 25.9. The van der Waals surface area contributed by atoms with Gasteiger partial charge in [-0.15, -0.1) is 0 Å². The van der Waals surface area contributed by atoms with Crippen molar-refractivity contribution in [1.29, 1.82) is 0 Å². The Morgan fingerprint density at radius 2 is 1.78 bits per heavy atom. The summed E-state index contributed by atoms with van der Waals surface area (Å²) in [5, 5.41) is 11.3. The number of nitro groups is 1. The highest BCUT2D eigenvalue weighted by atomic mass is 79.9. The molecule has 6 nitrogen and oxygen atoms in total. The number of rotatable bonds is 6. The van der Waals surface area contributed by atoms with Crippen LogP contribution in [-0.2, 0) is 17.5 Å². The minimum absolute atomic E-state index is 0.145. The molecule has 1 aliphatic heterocycles. The number of hydrogen-bond acceptors (Lipinski definition) is 6. The van der Waals surface area contributed by atoms with E-state index in [0.29, 0.717) is 37.9 Å². The van der Waals surface area contributed by atoms with Crippen molar-refractivity contribution < 1.29 is 27.6 Å². The van der Waals surface area contributed by atoms with Crippen LogP contribution in [0.3, 0.4) is 0 Å². The van der Waals surface area contributed by atoms with Gasteiger partial charge in [-0.25, -0.2) is 0 Å². The molecule has 1 fully saturated rings. The van der Waals surface area contributed by atoms with Crippen molar-refractivity contribution in [2.24, 2.45) is 0 Å². The number of carbonyl (C=O) groups excluding carboxylic acids is 1. The van der Waals surface area contributed by atoms with Crippen LogP contribution in [-0.4, -0.2) is 20.1 Å². The number of nitrogens with zero attached hydrogens (tertiary/aromatic N) is 2. The minimum atomic E-state index is -4.73. The monoisotopic (exact) mass is 594 g/mol. The molecule has 1 heterocycles. The predicted octanol–water partition coefficient (Wildman–Crippen LogP) is 7.57. The highest BCUT2D eigenvalue weighted by Crippen LogP contribution is 2.40. The second-order valence-electron chi connectivity index (χ2n) is 7.48. The molecule has 0 radical (unpaired) electrons. The summed E-state index contributed by atoms with van der Waals surface area (Å²) in [6.45, 7) is 0.352. The molecular weight excluding hydrogens is 581 g/mol. The molecule has 0 aliphatic carbocycles. The Labute approximate surface area is 221 Å². The van der Waals surface area contributed by atoms with Gasteiger partial charge in [0.15, 0.2) is 0 Å². The Balaban J connectivity index is 1.54. The Kier molecular flexibility index (Phi) is 7.48. The van der Waals surface area contributed by atoms with Gasteiger partial charge < -0.3 is 4.74 Å². The molecule has 0 saturated carbocycles. The highest BCUT2D eigenvalue weighted by Gasteiger charge is 2.34. The van der Waals surface area contributed by atoms with Crippen LogP contribution in [0.4, 0.5) is 18.9 Å². The zero-order chi connectivity index (χ0) is 26.0. The molecule has 1 amide bonds. The summed E-state index contributed by atoms with van der Waals surface area (Å²) >= 11 is 9.85. The van der Waals surface area contributed by atoms with Crippen LogP contribution in [0.25, 0.3) is 6.08 Å². The molecular formula is C24H14BrF3N2O4S2. The number of thiocarbonyl (C=S) groups is 1. The van der Waals surface area contributed by atoms with Crippen molar-refractivity contribution in [1.82, 2.24) is 4.90 Å². The number of amides is 1. The van der Waals surface area contributed by atoms with Gasteiger partial charge in [0.25, 0.3) is 5.91 Å². The van der Waals surface area contributed by atoms with Gasteiger partial charge in [0, 0.05) is 6.07 Å². The van der Waals surface area contributed by atoms with Gasteiger partial charge >= 0.3 is 11.9 Å². The number of benzene rings is 3. The molecule has 12 heteroatoms. The normalized spacial score (nSPS) is 15.0. The average molecular weight is 595 g/mol. The molecule has 0 atom stereocenters. The second-order valence-corrected chi connectivity index (χ2v) is 10.0. The van der Waals surface area contributed by atoms with E-state index >= 15 is 0 Å². The number of ether oxygens (including phenoxy) is 1. The van der Waals surface area contributed by atoms with Crippen molar-refractivity contribution in [3.8, 4) is 11.5 Å². The van der Waals surface area contributed by atoms with Crippen LogP contribution in [0.2, 0.25) is 0 Å². The molecule has 0 unspecified atom stereocenters. The molecule has 3 aromatic carbocycles. The largest absolute Gasteiger partial charge is 0.449 e. The van der Waals surface area contributed by atoms with E-state index in [1.807, 2.05) is 30.3 Å². The lowest BCUT2D eigenvalue weighted by Gasteiger charge is -2.14. The standard InChI is InChI=1S/C24H14BrF3N2O4S2/c25-17-10-15(11-21-22(31)29(23(35)36-21)13-14-4-2-1-3-5-14)6-8-19(17)34-20-9-7-16(24(26,27)28)12-18(20)30(32)33/h1-12H,13H2/b21-11-. The number of hydrogen-bond donors (Lipinski definition) is 0. The lowest BCUT2D eigenvalue weighted by molar-refractivity contribution is -0.385. The van der Waals surface area contributed by atoms with Crippen molar-refractivity contribution in [3.05, 3.63) is 103 Å². The Morgan fingerprint density at radius 1 is 1.08 bits per heavy atom. The number of alkyl halides is 3. The van der Waals surface area contributed by atoms with Gasteiger partial charge in [-0.05, 0) is 57.4 Å². The number of carbonyl (C=O) groups is 1. The zero-order valence-electron chi connectivity index (χ0n) is 18.0. The highest BCUT2D eigenvalue weighted by molar-refractivity contribution is 9.10. The summed E-state index contributed by atoms with van der Waals surface area (Å²) in [5.41, 5.74) is -0.406. The predicted molar refractivity (Wildman–Crippen MR) is 137 cm³/mol. The van der Waals surface area contributed by atoms with Crippen molar-refractivity contribution in [2.75, 3.05) is 0 Å². The minimum Gasteiger partial charge on any atom is -0.449 e. The average Bonchev–Trinajstić information content (AvgIpc) is 3.08. The Hall–Kier alpha value is -3.22. The quantitative estimate of drug-likeness (QED) is 0.127. The SMILES string of the molecule is O=C1/C(=C/c2ccc(Oc3ccc(C(F)(F)F)cc3[N+](=O)[O-])c(Br)c2)SC(=S)N1Cc1ccccc1. The lowest BCUT2D eigenvalue weighted by Crippen LogP contribution is -2.27. The van der Waals surface area contributed by atoms with E-state index in [1.54, 1.807) is 18.2 Å². The molecule has 0 spiro atoms. The third-order valence-electron chi connectivity index (χ3n) is 5.01. The third-order valence-corrected chi connectivity index (χ3v) is 7.01. The van der Waals surface area contributed by atoms with Gasteiger partial charge in [-0.1, -0.05) is 60.4 Å². The molecule has 184 valence electrons. The van der Waals surface area contributed by atoms with E-state index in [4.69, 9.17) is 17.0 Å². The van der Waals surface area contributed by atoms with Crippen LogP contribution in [0.15, 0.2) is 76.1 Å². The van der Waals surface area contributed by atoms with Crippen LogP contribution in [0.5, 0.6) is 11.5 Å². The Bertz CT molecular complexity index is 1400. The van der Waals surface area contributed by atoms with E-state index in [9.17, 15) is 28.1 Å². The van der Waals surface area contributed by atoms with E-state index < -0.39 is 22.4 Å². The number of nitro benzene ring substituents is 1. The smallest absolute Gasteiger partial charge is 0.416 e. The van der Waals surface area contributed by atoms with Gasteiger partial charge in [0.05, 0.1) is 26.4 Å². The molecule has 1 aliphatic rings. The van der Waals surface area contributed by atoms with E-state index in [0.717, 1.165) is 11.6 Å². The van der Waals surface area contributed by atoms with Crippen LogP contribution < -0.4 is 4.74 Å². The first-order chi connectivity index (χ1) is 17.0. The summed E-state index contributed by atoms with van der Waals surface area (Å²) in [5.74, 6) is -0.430. The number of halogens is 4. The Morgan fingerprint density at radius 3 is 2.42 bits per heavy atom. The summed E-state index contributed by atoms with van der Waals surface area (Å²) in [6, 6.07) is 16.2. The van der Waals surface area contributed by atoms with Crippen LogP contribution >= 0.6 is 39.9 Å². The summed E-state index contributed by atoms with van der Waals surface area (Å²) in [4.78, 5) is 25.2. The topological polar surface area (TPSA) is 72.7 Å². The summed E-state index contributed by atoms with van der Waals surface area (Å²) < 4.78 is 45.2. The summed E-state index contributed by atoms with van der Waals surface area (Å²) in [6.07, 6.45) is -3.08. The summed E-state index contributed by atoms with van der Waals surface area (Å²) in [7, 11) is 0. The lowest BCUT2D eigenvalue weighted by atomic mass is 10.1. The molecule has 0 N–H and O–H groups in total. The van der Waals surface area contributed by atoms with Gasteiger partial charge in [-0.2, -0.15) is 13.2 Å². The van der Waals surface area contributed by atoms with Gasteiger partial charge in [-0.3, -0.25) is 19.8 Å². The molecule has 1 saturated heterocycles. The maximum absolute atomic E-state index is 12.9. The second kappa shape index (κ2) is 10.4. The van der Waals surface area contributed by atoms with E-state index in [2.05, 4.69) is 15.9 Å². The zero-order valence-corrected chi connectivity index (χ0v) is 21.2. The van der Waals surface area contributed by atoms with Crippen LogP contribution in [0, 0.1) is 10.1 Å². The first-order valence-corrected chi connectivity index (χ1v) is 12.2. The van der Waals surface area contributed by atoms with Crippen molar-refractivity contribution >= 4 is 61.9 Å². The molecule has 4 rings (SSSR count). The fourth-order valence-electron chi connectivity index (χ4n) is 3.28. The first-order valence-electron chi connectivity index (χ1n) is 10.2. The van der Waals surface area contributed by atoms with Gasteiger partial charge in [0.1, 0.15) is 10.1 Å². The molecule has 3 aromatic rings. The van der Waals surface area contributed by atoms with Crippen molar-refractivity contribution in [2.45, 2.75) is 12.7 Å². The van der Waals surface area contributed by atoms with Gasteiger partial charge in [0.2, 0.25) is 5.75 Å². The maximum Gasteiger partial charge on any atom is 0.416 e. The molecule has 36 heavy (non-hydrogen) atoms. The molecule has 0 aromatic heterocycles. The van der Waals surface area contributed by atoms with Crippen LogP contribution in [0.1, 0.15) is 16.7 Å². The van der Waals surface area contributed by atoms with Crippen molar-refractivity contribution in [3.63, 3.8) is 0 Å². The maximum atomic E-state index is 12.9. The van der Waals surface area contributed by atoms with E-state index in [1.165, 1.54) is 22.7 Å². The fourth-order valence-corrected chi connectivity index (χ4v) is 5.02. The van der Waals surface area contributed by atoms with E-state index in [-0.39, 0.29) is 17.4 Å². The third kappa shape index (κ3) is 5.77. The fraction of sp³-hybridized carbons (Fsp3) is 0.0833.